The molecule has 4 aliphatic carbocycles. The minimum atomic E-state index is 0.184. The van der Waals surface area contributed by atoms with Gasteiger partial charge in [-0.3, -0.25) is 4.79 Å². The van der Waals surface area contributed by atoms with Crippen molar-refractivity contribution in [2.75, 3.05) is 6.54 Å². The van der Waals surface area contributed by atoms with Crippen LogP contribution in [0.5, 0.6) is 0 Å². The van der Waals surface area contributed by atoms with Gasteiger partial charge in [-0.25, -0.2) is 0 Å². The lowest BCUT2D eigenvalue weighted by atomic mass is 9.53. The normalized spacial score (nSPS) is 48.3. The summed E-state index contributed by atoms with van der Waals surface area (Å²) in [5.74, 6) is 3.67. The number of piperidine rings is 1. The van der Waals surface area contributed by atoms with E-state index in [1.165, 1.54) is 51.4 Å². The number of rotatable bonds is 3. The SMILES string of the molecule is CC1CCCNC1CC(=O)NC12CC3CC(CC(C3)C1)C2. The molecule has 1 heterocycles. The van der Waals surface area contributed by atoms with Gasteiger partial charge in [0.25, 0.3) is 0 Å². The average Bonchev–Trinajstić information content (AvgIpc) is 2.39. The number of nitrogens with one attached hydrogen (secondary N) is 2. The minimum absolute atomic E-state index is 0.184. The third kappa shape index (κ3) is 2.74. The fraction of sp³-hybridized carbons (Fsp3) is 0.944. The van der Waals surface area contributed by atoms with Crippen molar-refractivity contribution in [3.63, 3.8) is 0 Å². The van der Waals surface area contributed by atoms with Crippen molar-refractivity contribution in [3.05, 3.63) is 0 Å². The van der Waals surface area contributed by atoms with Gasteiger partial charge in [0, 0.05) is 18.0 Å². The van der Waals surface area contributed by atoms with Crippen LogP contribution in [0.3, 0.4) is 0 Å². The van der Waals surface area contributed by atoms with Gasteiger partial charge in [-0.15, -0.1) is 0 Å². The summed E-state index contributed by atoms with van der Waals surface area (Å²) in [5, 5.41) is 7.06. The first-order valence-corrected chi connectivity index (χ1v) is 9.16. The van der Waals surface area contributed by atoms with Gasteiger partial charge in [0.05, 0.1) is 0 Å². The molecule has 4 bridgehead atoms. The highest BCUT2D eigenvalue weighted by molar-refractivity contribution is 5.77. The molecular weight excluding hydrogens is 260 g/mol. The summed E-state index contributed by atoms with van der Waals surface area (Å²) in [5.41, 5.74) is 0.184. The molecule has 1 saturated heterocycles. The Morgan fingerprint density at radius 3 is 2.33 bits per heavy atom. The Balaban J connectivity index is 1.38. The fourth-order valence-corrected chi connectivity index (χ4v) is 6.20. The number of hydrogen-bond donors (Lipinski definition) is 2. The summed E-state index contributed by atoms with van der Waals surface area (Å²) in [4.78, 5) is 12.6. The standard InChI is InChI=1S/C18H30N2O/c1-12-3-2-4-19-16(12)8-17(21)20-18-9-13-5-14(10-18)7-15(6-13)11-18/h12-16,19H,2-11H2,1H3,(H,20,21). The molecule has 1 amide bonds. The molecule has 0 aromatic rings. The van der Waals surface area contributed by atoms with Crippen molar-refractivity contribution >= 4 is 5.91 Å². The van der Waals surface area contributed by atoms with Crippen molar-refractivity contribution in [1.29, 1.82) is 0 Å². The molecular formula is C18H30N2O. The Morgan fingerprint density at radius 1 is 1.14 bits per heavy atom. The van der Waals surface area contributed by atoms with Crippen LogP contribution in [0, 0.1) is 23.7 Å². The molecule has 5 rings (SSSR count). The number of carbonyl (C=O) groups excluding carboxylic acids is 1. The lowest BCUT2D eigenvalue weighted by Gasteiger charge is -2.57. The summed E-state index contributed by atoms with van der Waals surface area (Å²) < 4.78 is 0. The van der Waals surface area contributed by atoms with E-state index >= 15 is 0 Å². The Morgan fingerprint density at radius 2 is 1.76 bits per heavy atom. The lowest BCUT2D eigenvalue weighted by Crippen LogP contribution is -2.60. The molecule has 2 atom stereocenters. The van der Waals surface area contributed by atoms with E-state index < -0.39 is 0 Å². The van der Waals surface area contributed by atoms with E-state index in [-0.39, 0.29) is 5.54 Å². The van der Waals surface area contributed by atoms with Crippen molar-refractivity contribution in [1.82, 2.24) is 10.6 Å². The van der Waals surface area contributed by atoms with Gasteiger partial charge in [0.15, 0.2) is 0 Å². The molecule has 2 unspecified atom stereocenters. The lowest BCUT2D eigenvalue weighted by molar-refractivity contribution is -0.127. The van der Waals surface area contributed by atoms with Gasteiger partial charge in [-0.05, 0) is 81.6 Å². The molecule has 5 aliphatic rings. The monoisotopic (exact) mass is 290 g/mol. The summed E-state index contributed by atoms with van der Waals surface area (Å²) in [6.45, 7) is 3.37. The maximum absolute atomic E-state index is 12.6. The van der Waals surface area contributed by atoms with Crippen LogP contribution in [0.15, 0.2) is 0 Å². The van der Waals surface area contributed by atoms with Gasteiger partial charge < -0.3 is 10.6 Å². The fourth-order valence-electron chi connectivity index (χ4n) is 6.20. The van der Waals surface area contributed by atoms with E-state index in [1.54, 1.807) is 0 Å². The molecule has 0 aromatic carbocycles. The largest absolute Gasteiger partial charge is 0.351 e. The Bertz CT molecular complexity index is 384. The molecule has 0 spiro atoms. The molecule has 0 aromatic heterocycles. The van der Waals surface area contributed by atoms with Gasteiger partial charge in [0.1, 0.15) is 0 Å². The molecule has 3 nitrogen and oxygen atoms in total. The van der Waals surface area contributed by atoms with Crippen LogP contribution in [-0.2, 0) is 4.79 Å². The van der Waals surface area contributed by atoms with E-state index in [2.05, 4.69) is 17.6 Å². The predicted octanol–water partition coefficient (Wildman–Crippen LogP) is 2.85. The zero-order chi connectivity index (χ0) is 14.4. The number of carbonyl (C=O) groups is 1. The van der Waals surface area contributed by atoms with Crippen LogP contribution < -0.4 is 10.6 Å². The van der Waals surface area contributed by atoms with Crippen LogP contribution in [0.25, 0.3) is 0 Å². The first-order chi connectivity index (χ1) is 10.1. The van der Waals surface area contributed by atoms with Crippen LogP contribution in [0.2, 0.25) is 0 Å². The molecule has 2 N–H and O–H groups in total. The highest BCUT2D eigenvalue weighted by Crippen LogP contribution is 2.55. The van der Waals surface area contributed by atoms with Gasteiger partial charge in [-0.2, -0.15) is 0 Å². The maximum atomic E-state index is 12.6. The topological polar surface area (TPSA) is 41.1 Å². The summed E-state index contributed by atoms with van der Waals surface area (Å²) in [6.07, 6.45) is 11.3. The maximum Gasteiger partial charge on any atom is 0.222 e. The van der Waals surface area contributed by atoms with E-state index in [1.807, 2.05) is 0 Å². The molecule has 21 heavy (non-hydrogen) atoms. The highest BCUT2D eigenvalue weighted by atomic mass is 16.1. The summed E-state index contributed by atoms with van der Waals surface area (Å²) >= 11 is 0. The van der Waals surface area contributed by atoms with Gasteiger partial charge in [-0.1, -0.05) is 6.92 Å². The Kier molecular flexibility index (Phi) is 3.52. The van der Waals surface area contributed by atoms with Crippen molar-refractivity contribution in [2.24, 2.45) is 23.7 Å². The second-order valence-electron chi connectivity index (χ2n) is 8.63. The summed E-state index contributed by atoms with van der Waals surface area (Å²) in [7, 11) is 0. The second kappa shape index (κ2) is 5.26. The summed E-state index contributed by atoms with van der Waals surface area (Å²) in [6, 6.07) is 0.396. The quantitative estimate of drug-likeness (QED) is 0.839. The van der Waals surface area contributed by atoms with Gasteiger partial charge >= 0.3 is 0 Å². The highest BCUT2D eigenvalue weighted by Gasteiger charge is 2.51. The molecule has 1 aliphatic heterocycles. The second-order valence-corrected chi connectivity index (χ2v) is 8.63. The number of amides is 1. The van der Waals surface area contributed by atoms with Crippen LogP contribution >= 0.6 is 0 Å². The van der Waals surface area contributed by atoms with E-state index in [4.69, 9.17) is 0 Å². The molecule has 5 fully saturated rings. The van der Waals surface area contributed by atoms with E-state index in [0.717, 1.165) is 24.3 Å². The zero-order valence-electron chi connectivity index (χ0n) is 13.4. The predicted molar refractivity (Wildman–Crippen MR) is 83.9 cm³/mol. The zero-order valence-corrected chi connectivity index (χ0v) is 13.4. The van der Waals surface area contributed by atoms with Crippen molar-refractivity contribution in [2.45, 2.75) is 76.3 Å². The minimum Gasteiger partial charge on any atom is -0.351 e. The third-order valence-corrected chi connectivity index (χ3v) is 6.78. The van der Waals surface area contributed by atoms with E-state index in [9.17, 15) is 4.79 Å². The Labute approximate surface area is 128 Å². The molecule has 3 heteroatoms. The average molecular weight is 290 g/mol. The third-order valence-electron chi connectivity index (χ3n) is 6.78. The van der Waals surface area contributed by atoms with E-state index in [0.29, 0.717) is 24.3 Å². The number of hydrogen-bond acceptors (Lipinski definition) is 2. The van der Waals surface area contributed by atoms with Crippen molar-refractivity contribution in [3.8, 4) is 0 Å². The first-order valence-electron chi connectivity index (χ1n) is 9.16. The molecule has 118 valence electrons. The Hall–Kier alpha value is -0.570. The van der Waals surface area contributed by atoms with Crippen LogP contribution in [-0.4, -0.2) is 24.0 Å². The smallest absolute Gasteiger partial charge is 0.222 e. The molecule has 0 radical (unpaired) electrons. The van der Waals surface area contributed by atoms with Crippen LogP contribution in [0.4, 0.5) is 0 Å². The molecule has 4 saturated carbocycles. The van der Waals surface area contributed by atoms with Crippen LogP contribution in [0.1, 0.15) is 64.7 Å². The first kappa shape index (κ1) is 14.0. The van der Waals surface area contributed by atoms with Crippen molar-refractivity contribution < 1.29 is 4.79 Å². The van der Waals surface area contributed by atoms with Gasteiger partial charge in [0.2, 0.25) is 5.91 Å².